The second kappa shape index (κ2) is 5.10. The average molecular weight is 253 g/mol. The number of ether oxygens (including phenoxy) is 1. The maximum atomic E-state index is 11.8. The maximum Gasteiger partial charge on any atom is 0.326 e. The van der Waals surface area contributed by atoms with Crippen LogP contribution in [-0.4, -0.2) is 47.7 Å². The van der Waals surface area contributed by atoms with Gasteiger partial charge in [-0.15, -0.1) is 0 Å². The molecule has 2 heterocycles. The highest BCUT2D eigenvalue weighted by atomic mass is 16.5. The molecule has 0 radical (unpaired) electrons. The summed E-state index contributed by atoms with van der Waals surface area (Å²) < 4.78 is 5.35. The van der Waals surface area contributed by atoms with Crippen LogP contribution in [0.1, 0.15) is 25.7 Å². The van der Waals surface area contributed by atoms with Gasteiger partial charge in [0.15, 0.2) is 0 Å². The van der Waals surface area contributed by atoms with Crippen molar-refractivity contribution in [2.24, 2.45) is 5.41 Å². The minimum atomic E-state index is -0.924. The molecule has 18 heavy (non-hydrogen) atoms. The Morgan fingerprint density at radius 3 is 2.56 bits per heavy atom. The van der Waals surface area contributed by atoms with E-state index < -0.39 is 12.0 Å². The number of rotatable bonds is 2. The molecule has 1 spiro atoms. The Balaban J connectivity index is 2.16. The van der Waals surface area contributed by atoms with Crippen LogP contribution in [0.3, 0.4) is 0 Å². The van der Waals surface area contributed by atoms with Crippen molar-refractivity contribution in [1.29, 1.82) is 0 Å². The van der Waals surface area contributed by atoms with Gasteiger partial charge in [-0.3, -0.25) is 4.79 Å². The third-order valence-electron chi connectivity index (χ3n) is 4.13. The van der Waals surface area contributed by atoms with Gasteiger partial charge < -0.3 is 14.7 Å². The van der Waals surface area contributed by atoms with Gasteiger partial charge in [0, 0.05) is 19.8 Å². The lowest BCUT2D eigenvalue weighted by Gasteiger charge is -2.47. The fourth-order valence-corrected chi connectivity index (χ4v) is 2.97. The van der Waals surface area contributed by atoms with E-state index in [1.807, 2.05) is 0 Å². The molecule has 1 amide bonds. The summed E-state index contributed by atoms with van der Waals surface area (Å²) in [5, 5.41) is 9.19. The highest BCUT2D eigenvalue weighted by molar-refractivity contribution is 5.91. The molecule has 5 heteroatoms. The summed E-state index contributed by atoms with van der Waals surface area (Å²) >= 11 is 0. The lowest BCUT2D eigenvalue weighted by molar-refractivity contribution is -0.155. The Hall–Kier alpha value is -1.36. The largest absolute Gasteiger partial charge is 0.480 e. The summed E-state index contributed by atoms with van der Waals surface area (Å²) in [6, 6.07) is -0.705. The molecule has 0 aromatic heterocycles. The summed E-state index contributed by atoms with van der Waals surface area (Å²) in [4.78, 5) is 24.5. The number of nitrogens with zero attached hydrogens (tertiary/aromatic N) is 1. The summed E-state index contributed by atoms with van der Waals surface area (Å²) in [6.07, 6.45) is 4.39. The van der Waals surface area contributed by atoms with E-state index in [1.165, 1.54) is 11.0 Å². The van der Waals surface area contributed by atoms with Gasteiger partial charge in [0.2, 0.25) is 5.91 Å². The summed E-state index contributed by atoms with van der Waals surface area (Å²) in [7, 11) is 0. The van der Waals surface area contributed by atoms with Crippen LogP contribution in [0.5, 0.6) is 0 Å². The zero-order valence-corrected chi connectivity index (χ0v) is 10.4. The van der Waals surface area contributed by atoms with Gasteiger partial charge in [0.1, 0.15) is 6.04 Å². The smallest absolute Gasteiger partial charge is 0.326 e. The van der Waals surface area contributed by atoms with Crippen molar-refractivity contribution in [2.75, 3.05) is 19.8 Å². The lowest BCUT2D eigenvalue weighted by atomic mass is 9.72. The molecule has 1 atom stereocenters. The standard InChI is InChI=1S/C13H19NO4/c1-2-11(15)14-9-13(5-7-18-8-6-13)4-3-10(14)12(16)17/h2,10H,1,3-9H2,(H,16,17). The first-order valence-corrected chi connectivity index (χ1v) is 6.32. The fourth-order valence-electron chi connectivity index (χ4n) is 2.97. The molecule has 100 valence electrons. The van der Waals surface area contributed by atoms with E-state index in [4.69, 9.17) is 4.74 Å². The van der Waals surface area contributed by atoms with Crippen LogP contribution in [-0.2, 0) is 14.3 Å². The van der Waals surface area contributed by atoms with Crippen molar-refractivity contribution in [3.05, 3.63) is 12.7 Å². The van der Waals surface area contributed by atoms with E-state index in [1.54, 1.807) is 0 Å². The summed E-state index contributed by atoms with van der Waals surface area (Å²) in [6.45, 7) is 5.37. The van der Waals surface area contributed by atoms with Gasteiger partial charge in [-0.25, -0.2) is 4.79 Å². The SMILES string of the molecule is C=CC(=O)N1CC2(CCOCC2)CCC1C(=O)O. The van der Waals surface area contributed by atoms with Crippen LogP contribution in [0.25, 0.3) is 0 Å². The van der Waals surface area contributed by atoms with Crippen molar-refractivity contribution >= 4 is 11.9 Å². The highest BCUT2D eigenvalue weighted by Gasteiger charge is 2.44. The minimum Gasteiger partial charge on any atom is -0.480 e. The number of carboxylic acid groups (broad SMARTS) is 1. The second-order valence-corrected chi connectivity index (χ2v) is 5.18. The Labute approximate surface area is 106 Å². The van der Waals surface area contributed by atoms with Crippen LogP contribution in [0, 0.1) is 5.41 Å². The molecule has 0 bridgehead atoms. The molecule has 2 rings (SSSR count). The molecule has 2 aliphatic heterocycles. The van der Waals surface area contributed by atoms with E-state index >= 15 is 0 Å². The van der Waals surface area contributed by atoms with Gasteiger partial charge >= 0.3 is 5.97 Å². The van der Waals surface area contributed by atoms with Crippen LogP contribution >= 0.6 is 0 Å². The van der Waals surface area contributed by atoms with Gasteiger partial charge in [-0.05, 0) is 37.2 Å². The Bertz CT molecular complexity index is 360. The zero-order valence-electron chi connectivity index (χ0n) is 10.4. The molecule has 0 aromatic rings. The number of carboxylic acids is 1. The number of amides is 1. The molecule has 2 fully saturated rings. The molecule has 2 aliphatic rings. The first-order chi connectivity index (χ1) is 8.58. The Morgan fingerprint density at radius 2 is 2.00 bits per heavy atom. The molecular weight excluding hydrogens is 234 g/mol. The van der Waals surface area contributed by atoms with Crippen LogP contribution in [0.2, 0.25) is 0 Å². The van der Waals surface area contributed by atoms with Crippen molar-refractivity contribution in [2.45, 2.75) is 31.7 Å². The van der Waals surface area contributed by atoms with Crippen molar-refractivity contribution in [3.8, 4) is 0 Å². The molecule has 5 nitrogen and oxygen atoms in total. The molecule has 2 saturated heterocycles. The lowest BCUT2D eigenvalue weighted by Crippen LogP contribution is -2.55. The number of carbonyl (C=O) groups is 2. The maximum absolute atomic E-state index is 11.8. The third kappa shape index (κ3) is 2.41. The number of hydrogen-bond donors (Lipinski definition) is 1. The zero-order chi connectivity index (χ0) is 13.2. The van der Waals surface area contributed by atoms with E-state index in [2.05, 4.69) is 6.58 Å². The second-order valence-electron chi connectivity index (χ2n) is 5.18. The van der Waals surface area contributed by atoms with Crippen molar-refractivity contribution in [3.63, 3.8) is 0 Å². The van der Waals surface area contributed by atoms with Crippen LogP contribution in [0.15, 0.2) is 12.7 Å². The molecule has 0 aromatic carbocycles. The number of piperidine rings is 1. The van der Waals surface area contributed by atoms with Gasteiger partial charge in [0.05, 0.1) is 0 Å². The molecular formula is C13H19NO4. The number of hydrogen-bond acceptors (Lipinski definition) is 3. The van der Waals surface area contributed by atoms with E-state index in [9.17, 15) is 14.7 Å². The number of aliphatic carboxylic acids is 1. The minimum absolute atomic E-state index is 0.0445. The van der Waals surface area contributed by atoms with Crippen LogP contribution in [0.4, 0.5) is 0 Å². The molecule has 0 aliphatic carbocycles. The predicted molar refractivity (Wildman–Crippen MR) is 65.1 cm³/mol. The topological polar surface area (TPSA) is 66.8 Å². The third-order valence-corrected chi connectivity index (χ3v) is 4.13. The number of likely N-dealkylation sites (tertiary alicyclic amines) is 1. The van der Waals surface area contributed by atoms with Crippen molar-refractivity contribution in [1.82, 2.24) is 4.90 Å². The van der Waals surface area contributed by atoms with Crippen LogP contribution < -0.4 is 0 Å². The number of carbonyl (C=O) groups excluding carboxylic acids is 1. The normalized spacial score (nSPS) is 26.9. The molecule has 1 unspecified atom stereocenters. The average Bonchev–Trinajstić information content (AvgIpc) is 2.38. The molecule has 0 saturated carbocycles. The van der Waals surface area contributed by atoms with Gasteiger partial charge in [-0.2, -0.15) is 0 Å². The Kier molecular flexibility index (Phi) is 3.71. The first-order valence-electron chi connectivity index (χ1n) is 6.32. The quantitative estimate of drug-likeness (QED) is 0.747. The van der Waals surface area contributed by atoms with E-state index in [-0.39, 0.29) is 11.3 Å². The van der Waals surface area contributed by atoms with Gasteiger partial charge in [0.25, 0.3) is 0 Å². The summed E-state index contributed by atoms with van der Waals surface area (Å²) in [5.41, 5.74) is 0.0445. The predicted octanol–water partition coefficient (Wildman–Crippen LogP) is 1.04. The monoisotopic (exact) mass is 253 g/mol. The summed E-state index contributed by atoms with van der Waals surface area (Å²) in [5.74, 6) is -1.21. The van der Waals surface area contributed by atoms with E-state index in [0.29, 0.717) is 26.2 Å². The first kappa shape index (κ1) is 13.1. The highest BCUT2D eigenvalue weighted by Crippen LogP contribution is 2.41. The van der Waals surface area contributed by atoms with E-state index in [0.717, 1.165) is 19.3 Å². The molecule has 1 N–H and O–H groups in total. The van der Waals surface area contributed by atoms with Gasteiger partial charge in [-0.1, -0.05) is 6.58 Å². The Morgan fingerprint density at radius 1 is 1.33 bits per heavy atom. The fraction of sp³-hybridized carbons (Fsp3) is 0.692. The van der Waals surface area contributed by atoms with Crippen molar-refractivity contribution < 1.29 is 19.4 Å².